The topological polar surface area (TPSA) is 35.5 Å². The molecule has 0 fully saturated rings. The third kappa shape index (κ3) is 6.07. The molecular weight excluding hydrogens is 304 g/mol. The van der Waals surface area contributed by atoms with Crippen molar-refractivity contribution < 1.29 is 14.0 Å². The van der Waals surface area contributed by atoms with Crippen LogP contribution in [-0.2, 0) is 14.0 Å². The highest BCUT2D eigenvalue weighted by atomic mass is 28.4. The molecule has 0 aromatic rings. The zero-order valence-corrected chi connectivity index (χ0v) is 17.7. The van der Waals surface area contributed by atoms with Crippen LogP contribution in [0.3, 0.4) is 0 Å². The zero-order valence-electron chi connectivity index (χ0n) is 16.7. The van der Waals surface area contributed by atoms with Gasteiger partial charge >= 0.3 is 5.97 Å². The number of hydrogen-bond donors (Lipinski definition) is 0. The summed E-state index contributed by atoms with van der Waals surface area (Å²) < 4.78 is 11.7. The van der Waals surface area contributed by atoms with Crippen LogP contribution in [0.25, 0.3) is 0 Å². The van der Waals surface area contributed by atoms with Gasteiger partial charge in [0, 0.05) is 12.2 Å². The van der Waals surface area contributed by atoms with Gasteiger partial charge in [0.25, 0.3) is 0 Å². The fourth-order valence-corrected chi connectivity index (χ4v) is 9.20. The van der Waals surface area contributed by atoms with Gasteiger partial charge in [-0.25, -0.2) is 4.79 Å². The Balaban J connectivity index is 5.12. The molecule has 136 valence electrons. The Bertz CT molecular complexity index is 364. The van der Waals surface area contributed by atoms with E-state index in [-0.39, 0.29) is 11.9 Å². The number of ether oxygens (including phenoxy) is 1. The smallest absolute Gasteiger partial charge is 0.333 e. The fourth-order valence-electron chi connectivity index (χ4n) is 3.70. The van der Waals surface area contributed by atoms with Crippen LogP contribution in [0.4, 0.5) is 0 Å². The van der Waals surface area contributed by atoms with E-state index in [9.17, 15) is 4.79 Å². The molecule has 0 unspecified atom stereocenters. The summed E-state index contributed by atoms with van der Waals surface area (Å²) in [6.07, 6.45) is 2.99. The Morgan fingerprint density at radius 1 is 1.00 bits per heavy atom. The van der Waals surface area contributed by atoms with E-state index in [2.05, 4.69) is 48.5 Å². The van der Waals surface area contributed by atoms with Crippen molar-refractivity contribution in [2.45, 2.75) is 85.4 Å². The molecule has 0 N–H and O–H groups in total. The first-order valence-electron chi connectivity index (χ1n) is 9.12. The van der Waals surface area contributed by atoms with E-state index in [1.165, 1.54) is 0 Å². The van der Waals surface area contributed by atoms with Gasteiger partial charge in [-0.1, -0.05) is 54.5 Å². The van der Waals surface area contributed by atoms with Crippen molar-refractivity contribution in [2.24, 2.45) is 5.92 Å². The minimum atomic E-state index is -1.85. The Kier molecular flexibility index (Phi) is 10.0. The number of carbonyl (C=O) groups is 1. The van der Waals surface area contributed by atoms with Gasteiger partial charge in [0.2, 0.25) is 0 Å². The second-order valence-electron chi connectivity index (χ2n) is 7.37. The molecule has 0 rings (SSSR count). The van der Waals surface area contributed by atoms with Gasteiger partial charge in [0.15, 0.2) is 8.32 Å². The number of rotatable bonds is 10. The molecule has 4 heteroatoms. The van der Waals surface area contributed by atoms with Crippen molar-refractivity contribution in [1.82, 2.24) is 0 Å². The van der Waals surface area contributed by atoms with Gasteiger partial charge in [-0.05, 0) is 42.8 Å². The summed E-state index contributed by atoms with van der Waals surface area (Å²) >= 11 is 0. The Morgan fingerprint density at radius 3 is 1.83 bits per heavy atom. The number of esters is 1. The fraction of sp³-hybridized carbons (Fsp3) is 0.842. The first kappa shape index (κ1) is 22.4. The molecule has 0 radical (unpaired) electrons. The van der Waals surface area contributed by atoms with Crippen molar-refractivity contribution in [2.75, 3.05) is 13.2 Å². The maximum Gasteiger partial charge on any atom is 0.333 e. The van der Waals surface area contributed by atoms with Gasteiger partial charge < -0.3 is 9.16 Å². The van der Waals surface area contributed by atoms with Gasteiger partial charge in [-0.2, -0.15) is 0 Å². The van der Waals surface area contributed by atoms with Crippen LogP contribution in [0.15, 0.2) is 11.6 Å². The zero-order chi connectivity index (χ0) is 18.2. The molecule has 0 aromatic carbocycles. The average molecular weight is 343 g/mol. The second kappa shape index (κ2) is 10.3. The molecule has 0 saturated carbocycles. The summed E-state index contributed by atoms with van der Waals surface area (Å²) in [6.45, 7) is 20.7. The SMILES string of the molecule is CCOC(=O)/C(C)=C\[C@@H](CC)CO[Si](C(C)C)(C(C)C)C(C)C. The summed E-state index contributed by atoms with van der Waals surface area (Å²) in [4.78, 5) is 11.8. The molecule has 23 heavy (non-hydrogen) atoms. The molecule has 3 nitrogen and oxygen atoms in total. The summed E-state index contributed by atoms with van der Waals surface area (Å²) in [5.74, 6) is 0.0496. The Labute approximate surface area is 145 Å². The van der Waals surface area contributed by atoms with Crippen LogP contribution in [0.2, 0.25) is 16.6 Å². The van der Waals surface area contributed by atoms with E-state index in [1.807, 2.05) is 19.9 Å². The lowest BCUT2D eigenvalue weighted by Gasteiger charge is -2.42. The third-order valence-electron chi connectivity index (χ3n) is 4.86. The maximum absolute atomic E-state index is 11.8. The Morgan fingerprint density at radius 2 is 1.48 bits per heavy atom. The standard InChI is InChI=1S/C19H38O3Si/c1-10-18(12-17(9)19(20)21-11-2)13-22-23(14(3)4,15(5)6)16(7)8/h12,14-16,18H,10-11,13H2,1-9H3/b17-12-/t18-/m1/s1. The summed E-state index contributed by atoms with van der Waals surface area (Å²) in [6, 6.07) is 0. The van der Waals surface area contributed by atoms with E-state index in [4.69, 9.17) is 9.16 Å². The summed E-state index contributed by atoms with van der Waals surface area (Å²) in [5.41, 5.74) is 2.42. The molecule has 0 heterocycles. The molecule has 0 aromatic heterocycles. The molecule has 0 spiro atoms. The highest BCUT2D eigenvalue weighted by Gasteiger charge is 2.45. The lowest BCUT2D eigenvalue weighted by Crippen LogP contribution is -2.48. The van der Waals surface area contributed by atoms with Crippen molar-refractivity contribution in [1.29, 1.82) is 0 Å². The van der Waals surface area contributed by atoms with Gasteiger partial charge in [-0.3, -0.25) is 0 Å². The Hall–Kier alpha value is -0.613. The van der Waals surface area contributed by atoms with Crippen LogP contribution in [0.1, 0.15) is 68.7 Å². The normalized spacial score (nSPS) is 14.7. The summed E-state index contributed by atoms with van der Waals surface area (Å²) in [5, 5.41) is 0. The lowest BCUT2D eigenvalue weighted by atomic mass is 10.0. The molecule has 0 aliphatic heterocycles. The lowest BCUT2D eigenvalue weighted by molar-refractivity contribution is -0.138. The van der Waals surface area contributed by atoms with Crippen LogP contribution in [0, 0.1) is 5.92 Å². The van der Waals surface area contributed by atoms with Crippen LogP contribution in [0.5, 0.6) is 0 Å². The largest absolute Gasteiger partial charge is 0.463 e. The second-order valence-corrected chi connectivity index (χ2v) is 12.8. The van der Waals surface area contributed by atoms with Crippen molar-refractivity contribution in [3.8, 4) is 0 Å². The molecule has 1 atom stereocenters. The molecular formula is C19H38O3Si. The minimum absolute atomic E-state index is 0.217. The predicted molar refractivity (Wildman–Crippen MR) is 101 cm³/mol. The average Bonchev–Trinajstić information content (AvgIpc) is 2.45. The third-order valence-corrected chi connectivity index (χ3v) is 10.9. The van der Waals surface area contributed by atoms with Gasteiger partial charge in [-0.15, -0.1) is 0 Å². The van der Waals surface area contributed by atoms with Gasteiger partial charge in [0.1, 0.15) is 0 Å². The van der Waals surface area contributed by atoms with Crippen molar-refractivity contribution in [3.63, 3.8) is 0 Å². The summed E-state index contributed by atoms with van der Waals surface area (Å²) in [7, 11) is -1.85. The molecule has 0 aliphatic carbocycles. The van der Waals surface area contributed by atoms with E-state index < -0.39 is 8.32 Å². The van der Waals surface area contributed by atoms with Crippen LogP contribution in [-0.4, -0.2) is 27.5 Å². The minimum Gasteiger partial charge on any atom is -0.463 e. The highest BCUT2D eigenvalue weighted by Crippen LogP contribution is 2.42. The van der Waals surface area contributed by atoms with Crippen molar-refractivity contribution in [3.05, 3.63) is 11.6 Å². The monoisotopic (exact) mass is 342 g/mol. The molecule has 0 amide bonds. The highest BCUT2D eigenvalue weighted by molar-refractivity contribution is 6.77. The van der Waals surface area contributed by atoms with Gasteiger partial charge in [0.05, 0.1) is 6.61 Å². The quantitative estimate of drug-likeness (QED) is 0.289. The molecule has 0 aliphatic rings. The van der Waals surface area contributed by atoms with Crippen molar-refractivity contribution >= 4 is 14.3 Å². The van der Waals surface area contributed by atoms with E-state index in [1.54, 1.807) is 0 Å². The van der Waals surface area contributed by atoms with E-state index >= 15 is 0 Å². The molecule has 0 saturated heterocycles. The molecule has 0 bridgehead atoms. The van der Waals surface area contributed by atoms with E-state index in [0.29, 0.717) is 35.4 Å². The van der Waals surface area contributed by atoms with Crippen LogP contribution < -0.4 is 0 Å². The van der Waals surface area contributed by atoms with E-state index in [0.717, 1.165) is 6.42 Å². The predicted octanol–water partition coefficient (Wildman–Crippen LogP) is 5.71. The number of carbonyl (C=O) groups excluding carboxylic acids is 1. The van der Waals surface area contributed by atoms with Crippen LogP contribution >= 0.6 is 0 Å². The first-order valence-corrected chi connectivity index (χ1v) is 11.3. The maximum atomic E-state index is 11.8. The first-order chi connectivity index (χ1) is 10.6. The number of hydrogen-bond acceptors (Lipinski definition) is 3.